The van der Waals surface area contributed by atoms with Crippen LogP contribution in [0.3, 0.4) is 0 Å². The number of methoxy groups -OCH3 is 4. The van der Waals surface area contributed by atoms with Gasteiger partial charge in [0.1, 0.15) is 17.5 Å². The number of benzene rings is 2. The quantitative estimate of drug-likeness (QED) is 0.723. The highest BCUT2D eigenvalue weighted by atomic mass is 16.5. The highest BCUT2D eigenvalue weighted by Gasteiger charge is 2.36. The average Bonchev–Trinajstić information content (AvgIpc) is 2.79. The lowest BCUT2D eigenvalue weighted by atomic mass is 10.1. The molecule has 0 unspecified atom stereocenters. The largest absolute Gasteiger partial charge is 0.497 e. The second-order valence-corrected chi connectivity index (χ2v) is 6.81. The third-order valence-corrected chi connectivity index (χ3v) is 5.19. The molecule has 3 rings (SSSR count). The Hall–Kier alpha value is -3.42. The van der Waals surface area contributed by atoms with Crippen LogP contribution in [0.2, 0.25) is 0 Å². The second-order valence-electron chi connectivity index (χ2n) is 6.81. The van der Waals surface area contributed by atoms with Gasteiger partial charge in [0, 0.05) is 36.5 Å². The molecule has 0 saturated carbocycles. The Morgan fingerprint density at radius 1 is 0.867 bits per heavy atom. The van der Waals surface area contributed by atoms with E-state index in [0.29, 0.717) is 47.3 Å². The van der Waals surface area contributed by atoms with Crippen molar-refractivity contribution < 1.29 is 28.5 Å². The van der Waals surface area contributed by atoms with Gasteiger partial charge in [-0.3, -0.25) is 9.59 Å². The zero-order chi connectivity index (χ0) is 21.8. The molecule has 1 heterocycles. The minimum atomic E-state index is -0.628. The van der Waals surface area contributed by atoms with Gasteiger partial charge in [-0.25, -0.2) is 0 Å². The summed E-state index contributed by atoms with van der Waals surface area (Å²) in [6, 6.07) is 9.67. The van der Waals surface area contributed by atoms with E-state index < -0.39 is 6.04 Å². The Labute approximate surface area is 175 Å². The maximum Gasteiger partial charge on any atom is 0.254 e. The van der Waals surface area contributed by atoms with Gasteiger partial charge in [-0.15, -0.1) is 0 Å². The van der Waals surface area contributed by atoms with E-state index >= 15 is 0 Å². The number of rotatable bonds is 6. The third kappa shape index (κ3) is 3.98. The van der Waals surface area contributed by atoms with Crippen molar-refractivity contribution in [2.75, 3.05) is 46.4 Å². The van der Waals surface area contributed by atoms with Crippen LogP contribution in [0.25, 0.3) is 0 Å². The fourth-order valence-corrected chi connectivity index (χ4v) is 3.49. The minimum Gasteiger partial charge on any atom is -0.497 e. The number of amides is 2. The molecule has 0 aliphatic carbocycles. The summed E-state index contributed by atoms with van der Waals surface area (Å²) in [7, 11) is 6.15. The molecular weight excluding hydrogens is 388 g/mol. The molecule has 0 aromatic heterocycles. The van der Waals surface area contributed by atoms with Crippen LogP contribution in [-0.4, -0.2) is 64.3 Å². The van der Waals surface area contributed by atoms with Crippen molar-refractivity contribution >= 4 is 17.5 Å². The molecule has 1 saturated heterocycles. The van der Waals surface area contributed by atoms with E-state index in [1.807, 2.05) is 0 Å². The Bertz CT molecular complexity index is 923. The summed E-state index contributed by atoms with van der Waals surface area (Å²) in [4.78, 5) is 29.4. The van der Waals surface area contributed by atoms with Gasteiger partial charge >= 0.3 is 0 Å². The number of carbonyl (C=O) groups is 2. The summed E-state index contributed by atoms with van der Waals surface area (Å²) in [5.74, 6) is 1.73. The summed E-state index contributed by atoms with van der Waals surface area (Å²) in [6.07, 6.45) is 0. The molecule has 30 heavy (non-hydrogen) atoms. The van der Waals surface area contributed by atoms with Crippen molar-refractivity contribution in [1.29, 1.82) is 0 Å². The van der Waals surface area contributed by atoms with Crippen LogP contribution < -0.4 is 23.8 Å². The standard InChI is InChI=1S/C22H26N2O6/c1-14-21(25)24(16-6-7-19(29-4)20(12-16)30-5)9-8-23(14)22(26)15-10-17(27-2)13-18(11-15)28-3/h6-7,10-14H,8-9H2,1-5H3/t14-/m1/s1. The SMILES string of the molecule is COc1cc(OC)cc(C(=O)N2CCN(c3ccc(OC)c(OC)c3)C(=O)[C@H]2C)c1. The molecule has 8 nitrogen and oxygen atoms in total. The van der Waals surface area contributed by atoms with Crippen molar-refractivity contribution in [3.8, 4) is 23.0 Å². The fourth-order valence-electron chi connectivity index (χ4n) is 3.49. The fraction of sp³-hybridized carbons (Fsp3) is 0.364. The monoisotopic (exact) mass is 414 g/mol. The molecule has 2 aromatic rings. The summed E-state index contributed by atoms with van der Waals surface area (Å²) in [5.41, 5.74) is 1.10. The van der Waals surface area contributed by atoms with Crippen molar-refractivity contribution in [3.63, 3.8) is 0 Å². The first kappa shape index (κ1) is 21.3. The Balaban J connectivity index is 1.83. The van der Waals surface area contributed by atoms with E-state index in [2.05, 4.69) is 0 Å². The van der Waals surface area contributed by atoms with E-state index in [1.54, 1.807) is 67.3 Å². The molecule has 1 aliphatic heterocycles. The van der Waals surface area contributed by atoms with Gasteiger partial charge in [-0.1, -0.05) is 0 Å². The second kappa shape index (κ2) is 8.94. The number of piperazine rings is 1. The smallest absolute Gasteiger partial charge is 0.254 e. The van der Waals surface area contributed by atoms with E-state index in [-0.39, 0.29) is 11.8 Å². The van der Waals surface area contributed by atoms with Gasteiger partial charge in [0.2, 0.25) is 5.91 Å². The molecule has 8 heteroatoms. The first-order chi connectivity index (χ1) is 14.4. The Morgan fingerprint density at radius 3 is 2.07 bits per heavy atom. The Morgan fingerprint density at radius 2 is 1.50 bits per heavy atom. The zero-order valence-electron chi connectivity index (χ0n) is 17.8. The van der Waals surface area contributed by atoms with E-state index in [4.69, 9.17) is 18.9 Å². The van der Waals surface area contributed by atoms with Gasteiger partial charge in [-0.2, -0.15) is 0 Å². The van der Waals surface area contributed by atoms with Crippen LogP contribution in [0, 0.1) is 0 Å². The maximum absolute atomic E-state index is 13.1. The molecule has 1 fully saturated rings. The first-order valence-electron chi connectivity index (χ1n) is 9.51. The van der Waals surface area contributed by atoms with Gasteiger partial charge in [-0.05, 0) is 31.2 Å². The lowest BCUT2D eigenvalue weighted by Crippen LogP contribution is -2.57. The molecule has 0 radical (unpaired) electrons. The molecule has 2 aromatic carbocycles. The molecule has 1 atom stereocenters. The Kier molecular flexibility index (Phi) is 6.34. The number of hydrogen-bond donors (Lipinski definition) is 0. The number of ether oxygens (including phenoxy) is 4. The summed E-state index contributed by atoms with van der Waals surface area (Å²) >= 11 is 0. The van der Waals surface area contributed by atoms with Gasteiger partial charge in [0.05, 0.1) is 28.4 Å². The third-order valence-electron chi connectivity index (χ3n) is 5.19. The average molecular weight is 414 g/mol. The van der Waals surface area contributed by atoms with Crippen molar-refractivity contribution in [1.82, 2.24) is 4.90 Å². The number of anilines is 1. The van der Waals surface area contributed by atoms with Crippen LogP contribution in [0.5, 0.6) is 23.0 Å². The van der Waals surface area contributed by atoms with E-state index in [1.165, 1.54) is 14.2 Å². The predicted molar refractivity (Wildman–Crippen MR) is 112 cm³/mol. The van der Waals surface area contributed by atoms with Gasteiger partial charge in [0.15, 0.2) is 11.5 Å². The van der Waals surface area contributed by atoms with Crippen LogP contribution in [0.15, 0.2) is 36.4 Å². The normalized spacial score (nSPS) is 16.3. The molecule has 160 valence electrons. The summed E-state index contributed by atoms with van der Waals surface area (Å²) < 4.78 is 21.1. The van der Waals surface area contributed by atoms with Gasteiger partial charge < -0.3 is 28.7 Å². The van der Waals surface area contributed by atoms with Gasteiger partial charge in [0.25, 0.3) is 5.91 Å². The first-order valence-corrected chi connectivity index (χ1v) is 9.51. The number of carbonyl (C=O) groups excluding carboxylic acids is 2. The zero-order valence-corrected chi connectivity index (χ0v) is 17.8. The maximum atomic E-state index is 13.1. The number of hydrogen-bond acceptors (Lipinski definition) is 6. The molecule has 1 aliphatic rings. The molecule has 0 spiro atoms. The minimum absolute atomic E-state index is 0.170. The topological polar surface area (TPSA) is 77.5 Å². The molecule has 2 amide bonds. The lowest BCUT2D eigenvalue weighted by Gasteiger charge is -2.39. The highest BCUT2D eigenvalue weighted by molar-refractivity contribution is 6.03. The summed E-state index contributed by atoms with van der Waals surface area (Å²) in [6.45, 7) is 2.48. The number of nitrogens with zero attached hydrogens (tertiary/aromatic N) is 2. The van der Waals surface area contributed by atoms with Crippen molar-refractivity contribution in [2.24, 2.45) is 0 Å². The van der Waals surface area contributed by atoms with Crippen LogP contribution in [0.1, 0.15) is 17.3 Å². The molecule has 0 bridgehead atoms. The van der Waals surface area contributed by atoms with Crippen molar-refractivity contribution in [2.45, 2.75) is 13.0 Å². The van der Waals surface area contributed by atoms with Crippen molar-refractivity contribution in [3.05, 3.63) is 42.0 Å². The molecule has 0 N–H and O–H groups in total. The lowest BCUT2D eigenvalue weighted by molar-refractivity contribution is -0.124. The predicted octanol–water partition coefficient (Wildman–Crippen LogP) is 2.60. The molecular formula is C22H26N2O6. The van der Waals surface area contributed by atoms with Crippen LogP contribution in [0.4, 0.5) is 5.69 Å². The van der Waals surface area contributed by atoms with E-state index in [9.17, 15) is 9.59 Å². The van der Waals surface area contributed by atoms with Crippen LogP contribution >= 0.6 is 0 Å². The van der Waals surface area contributed by atoms with Crippen LogP contribution in [-0.2, 0) is 4.79 Å². The van der Waals surface area contributed by atoms with E-state index in [0.717, 1.165) is 0 Å². The summed E-state index contributed by atoms with van der Waals surface area (Å²) in [5, 5.41) is 0. The highest BCUT2D eigenvalue weighted by Crippen LogP contribution is 2.33.